The van der Waals surface area contributed by atoms with E-state index in [1.807, 2.05) is 13.0 Å². The minimum Gasteiger partial charge on any atom is -0.409 e. The quantitative estimate of drug-likeness (QED) is 0.688. The van der Waals surface area contributed by atoms with Gasteiger partial charge in [0.15, 0.2) is 0 Å². The van der Waals surface area contributed by atoms with Gasteiger partial charge in [-0.1, -0.05) is 22.0 Å². The molecule has 3 rings (SSSR count). The van der Waals surface area contributed by atoms with Crippen molar-refractivity contribution in [1.82, 2.24) is 4.57 Å². The zero-order chi connectivity index (χ0) is 14.3. The Bertz CT molecular complexity index is 907. The second-order valence-corrected chi connectivity index (χ2v) is 5.40. The van der Waals surface area contributed by atoms with Gasteiger partial charge in [0.05, 0.1) is 11.1 Å². The van der Waals surface area contributed by atoms with Crippen LogP contribution in [0.4, 0.5) is 0 Å². The van der Waals surface area contributed by atoms with Crippen LogP contribution in [0.2, 0.25) is 0 Å². The number of hydrogen-bond acceptors (Lipinski definition) is 3. The van der Waals surface area contributed by atoms with Crippen molar-refractivity contribution < 1.29 is 4.42 Å². The number of halogens is 1. The molecule has 3 aromatic rings. The summed E-state index contributed by atoms with van der Waals surface area (Å²) in [4.78, 5) is 24.5. The van der Waals surface area contributed by atoms with Gasteiger partial charge >= 0.3 is 5.76 Å². The van der Waals surface area contributed by atoms with Gasteiger partial charge in [-0.05, 0) is 48.9 Å². The minimum atomic E-state index is -0.685. The van der Waals surface area contributed by atoms with Gasteiger partial charge in [-0.25, -0.2) is 9.36 Å². The Morgan fingerprint density at radius 3 is 2.45 bits per heavy atom. The first-order chi connectivity index (χ1) is 9.56. The maximum Gasteiger partial charge on any atom is 0.426 e. The van der Waals surface area contributed by atoms with Crippen molar-refractivity contribution in [3.05, 3.63) is 73.4 Å². The van der Waals surface area contributed by atoms with E-state index in [0.717, 1.165) is 14.6 Å². The molecule has 0 aliphatic heterocycles. The van der Waals surface area contributed by atoms with Gasteiger partial charge in [0.1, 0.15) is 5.58 Å². The summed E-state index contributed by atoms with van der Waals surface area (Å²) < 4.78 is 7.14. The van der Waals surface area contributed by atoms with E-state index in [4.69, 9.17) is 4.42 Å². The van der Waals surface area contributed by atoms with E-state index in [2.05, 4.69) is 15.9 Å². The average Bonchev–Trinajstić information content (AvgIpc) is 2.40. The molecule has 0 fully saturated rings. The van der Waals surface area contributed by atoms with Crippen LogP contribution in [0, 0.1) is 6.92 Å². The van der Waals surface area contributed by atoms with E-state index < -0.39 is 5.76 Å². The highest BCUT2D eigenvalue weighted by Crippen LogP contribution is 2.14. The third-order valence-electron chi connectivity index (χ3n) is 3.04. The summed E-state index contributed by atoms with van der Waals surface area (Å²) in [6.45, 7) is 1.87. The highest BCUT2D eigenvalue weighted by Gasteiger charge is 2.11. The fourth-order valence-electron chi connectivity index (χ4n) is 2.05. The molecular weight excluding hydrogens is 322 g/mol. The average molecular weight is 332 g/mol. The highest BCUT2D eigenvalue weighted by atomic mass is 79.9. The highest BCUT2D eigenvalue weighted by molar-refractivity contribution is 9.10. The summed E-state index contributed by atoms with van der Waals surface area (Å²) >= 11 is 3.31. The number of rotatable bonds is 1. The van der Waals surface area contributed by atoms with Gasteiger partial charge in [-0.15, -0.1) is 0 Å². The predicted molar refractivity (Wildman–Crippen MR) is 80.5 cm³/mol. The predicted octanol–water partition coefficient (Wildman–Crippen LogP) is 3.01. The molecule has 0 N–H and O–H groups in total. The summed E-state index contributed by atoms with van der Waals surface area (Å²) in [7, 11) is 0. The fraction of sp³-hybridized carbons (Fsp3) is 0.0667. The van der Waals surface area contributed by atoms with Crippen LogP contribution in [0.15, 0.2) is 60.9 Å². The number of fused-ring (bicyclic) bond motifs is 1. The van der Waals surface area contributed by atoms with Gasteiger partial charge in [-0.3, -0.25) is 4.79 Å². The first-order valence-corrected chi connectivity index (χ1v) is 6.78. The van der Waals surface area contributed by atoms with Gasteiger partial charge in [0.2, 0.25) is 0 Å². The van der Waals surface area contributed by atoms with Gasteiger partial charge < -0.3 is 4.42 Å². The molecule has 1 aromatic heterocycles. The molecular formula is C15H10BrNO3. The maximum absolute atomic E-state index is 12.4. The molecule has 0 spiro atoms. The molecule has 0 bridgehead atoms. The summed E-state index contributed by atoms with van der Waals surface area (Å²) in [5.74, 6) is -0.685. The van der Waals surface area contributed by atoms with Crippen molar-refractivity contribution in [1.29, 1.82) is 0 Å². The summed E-state index contributed by atoms with van der Waals surface area (Å²) in [5, 5.41) is 0.387. The third-order valence-corrected chi connectivity index (χ3v) is 3.56. The Balaban J connectivity index is 2.37. The van der Waals surface area contributed by atoms with Crippen LogP contribution in [-0.2, 0) is 0 Å². The molecule has 1 heterocycles. The smallest absolute Gasteiger partial charge is 0.409 e. The molecule has 0 saturated heterocycles. The van der Waals surface area contributed by atoms with Gasteiger partial charge in [0, 0.05) is 4.47 Å². The van der Waals surface area contributed by atoms with E-state index in [0.29, 0.717) is 16.7 Å². The fourth-order valence-corrected chi connectivity index (χ4v) is 2.31. The molecule has 4 nitrogen and oxygen atoms in total. The lowest BCUT2D eigenvalue weighted by Gasteiger charge is -2.05. The summed E-state index contributed by atoms with van der Waals surface area (Å²) in [6.07, 6.45) is 0. The van der Waals surface area contributed by atoms with Crippen LogP contribution >= 0.6 is 15.9 Å². The van der Waals surface area contributed by atoms with Gasteiger partial charge in [-0.2, -0.15) is 0 Å². The van der Waals surface area contributed by atoms with Crippen LogP contribution < -0.4 is 11.3 Å². The van der Waals surface area contributed by atoms with Crippen molar-refractivity contribution >= 4 is 26.9 Å². The van der Waals surface area contributed by atoms with E-state index >= 15 is 0 Å². The van der Waals surface area contributed by atoms with Crippen molar-refractivity contribution in [2.75, 3.05) is 0 Å². The van der Waals surface area contributed by atoms with E-state index in [9.17, 15) is 9.59 Å². The van der Waals surface area contributed by atoms with Crippen molar-refractivity contribution in [3.63, 3.8) is 0 Å². The molecule has 5 heteroatoms. The topological polar surface area (TPSA) is 52.2 Å². The van der Waals surface area contributed by atoms with Crippen molar-refractivity contribution in [2.24, 2.45) is 0 Å². The van der Waals surface area contributed by atoms with Crippen molar-refractivity contribution in [2.45, 2.75) is 6.92 Å². The van der Waals surface area contributed by atoms with Crippen molar-refractivity contribution in [3.8, 4) is 5.69 Å². The Labute approximate surface area is 122 Å². The molecule has 100 valence electrons. The van der Waals surface area contributed by atoms with Crippen LogP contribution in [0.3, 0.4) is 0 Å². The first kappa shape index (κ1) is 12.9. The van der Waals surface area contributed by atoms with Crippen LogP contribution in [0.5, 0.6) is 0 Å². The van der Waals surface area contributed by atoms with Crippen LogP contribution in [0.1, 0.15) is 5.56 Å². The number of benzene rings is 2. The molecule has 0 saturated carbocycles. The molecule has 0 atom stereocenters. The molecule has 20 heavy (non-hydrogen) atoms. The van der Waals surface area contributed by atoms with Crippen LogP contribution in [-0.4, -0.2) is 4.57 Å². The molecule has 0 aliphatic carbocycles. The summed E-state index contributed by atoms with van der Waals surface area (Å²) in [6, 6.07) is 12.1. The van der Waals surface area contributed by atoms with Crippen LogP contribution in [0.25, 0.3) is 16.7 Å². The number of aryl methyl sites for hydroxylation is 1. The zero-order valence-electron chi connectivity index (χ0n) is 10.6. The monoisotopic (exact) mass is 331 g/mol. The number of nitrogens with zero attached hydrogens (tertiary/aromatic N) is 1. The molecule has 0 aliphatic rings. The lowest BCUT2D eigenvalue weighted by atomic mass is 10.2. The summed E-state index contributed by atoms with van der Waals surface area (Å²) in [5.41, 5.74) is 1.35. The Morgan fingerprint density at radius 1 is 1.05 bits per heavy atom. The second-order valence-electron chi connectivity index (χ2n) is 4.48. The van der Waals surface area contributed by atoms with Gasteiger partial charge in [0.25, 0.3) is 5.56 Å². The standard InChI is InChI=1S/C15H10BrNO3/c1-9-2-7-12-13(8-9)20-15(19)17(14(12)18)11-5-3-10(16)4-6-11/h2-8H,1H3. The third kappa shape index (κ3) is 2.10. The molecule has 0 unspecified atom stereocenters. The number of aromatic nitrogens is 1. The van der Waals surface area contributed by atoms with E-state index in [1.54, 1.807) is 36.4 Å². The first-order valence-electron chi connectivity index (χ1n) is 5.99. The molecule has 2 aromatic carbocycles. The lowest BCUT2D eigenvalue weighted by molar-refractivity contribution is 0.503. The zero-order valence-corrected chi connectivity index (χ0v) is 12.2. The Morgan fingerprint density at radius 2 is 1.75 bits per heavy atom. The number of hydrogen-bond donors (Lipinski definition) is 0. The minimum absolute atomic E-state index is 0.313. The van der Waals surface area contributed by atoms with E-state index in [1.165, 1.54) is 0 Å². The lowest BCUT2D eigenvalue weighted by Crippen LogP contribution is -2.30. The Hall–Kier alpha value is -2.14. The normalized spacial score (nSPS) is 10.9. The largest absolute Gasteiger partial charge is 0.426 e. The SMILES string of the molecule is Cc1ccc2c(=O)n(-c3ccc(Br)cc3)c(=O)oc2c1. The Kier molecular flexibility index (Phi) is 3.06. The van der Waals surface area contributed by atoms with E-state index in [-0.39, 0.29) is 5.56 Å². The molecule has 0 radical (unpaired) electrons. The maximum atomic E-state index is 12.4. The second kappa shape index (κ2) is 4.76. The molecule has 0 amide bonds.